The summed E-state index contributed by atoms with van der Waals surface area (Å²) in [7, 11) is 0. The normalized spacial score (nSPS) is 17.5. The SMILES string of the molecule is Cc1ccc(-n2ncc3c(NC[C@H]4CCCO4)ncnc32)c(C)c1. The van der Waals surface area contributed by atoms with Crippen LogP contribution in [0.5, 0.6) is 0 Å². The number of nitrogens with one attached hydrogen (secondary N) is 1. The van der Waals surface area contributed by atoms with E-state index >= 15 is 0 Å². The van der Waals surface area contributed by atoms with Gasteiger partial charge in [0.1, 0.15) is 12.1 Å². The highest BCUT2D eigenvalue weighted by atomic mass is 16.5. The number of rotatable bonds is 4. The largest absolute Gasteiger partial charge is 0.376 e. The molecule has 3 heterocycles. The lowest BCUT2D eigenvalue weighted by Crippen LogP contribution is -2.19. The van der Waals surface area contributed by atoms with Gasteiger partial charge < -0.3 is 10.1 Å². The molecule has 1 atom stereocenters. The van der Waals surface area contributed by atoms with Crippen LogP contribution in [0.4, 0.5) is 5.82 Å². The first-order valence-electron chi connectivity index (χ1n) is 8.34. The van der Waals surface area contributed by atoms with Crippen LogP contribution in [0.3, 0.4) is 0 Å². The molecule has 1 fully saturated rings. The van der Waals surface area contributed by atoms with Gasteiger partial charge in [-0.3, -0.25) is 0 Å². The second kappa shape index (κ2) is 6.20. The summed E-state index contributed by atoms with van der Waals surface area (Å²) in [5.74, 6) is 0.812. The Hall–Kier alpha value is -2.47. The van der Waals surface area contributed by atoms with Gasteiger partial charge in [0, 0.05) is 13.2 Å². The molecule has 0 aliphatic carbocycles. The van der Waals surface area contributed by atoms with Crippen LogP contribution in [0.2, 0.25) is 0 Å². The molecule has 0 spiro atoms. The quantitative estimate of drug-likeness (QED) is 0.799. The smallest absolute Gasteiger partial charge is 0.168 e. The van der Waals surface area contributed by atoms with E-state index in [1.807, 2.05) is 10.9 Å². The number of aryl methyl sites for hydroxylation is 2. The average Bonchev–Trinajstić information content (AvgIpc) is 3.22. The molecule has 0 radical (unpaired) electrons. The number of ether oxygens (including phenoxy) is 1. The van der Waals surface area contributed by atoms with Crippen LogP contribution >= 0.6 is 0 Å². The number of nitrogens with zero attached hydrogens (tertiary/aromatic N) is 4. The van der Waals surface area contributed by atoms with Gasteiger partial charge in [-0.25, -0.2) is 14.6 Å². The van der Waals surface area contributed by atoms with Gasteiger partial charge in [0.05, 0.1) is 23.4 Å². The van der Waals surface area contributed by atoms with E-state index in [1.54, 1.807) is 6.33 Å². The summed E-state index contributed by atoms with van der Waals surface area (Å²) < 4.78 is 7.54. The lowest BCUT2D eigenvalue weighted by atomic mass is 10.1. The zero-order valence-electron chi connectivity index (χ0n) is 14.0. The minimum absolute atomic E-state index is 0.268. The second-order valence-electron chi connectivity index (χ2n) is 6.32. The van der Waals surface area contributed by atoms with E-state index in [4.69, 9.17) is 4.74 Å². The van der Waals surface area contributed by atoms with Gasteiger partial charge in [-0.15, -0.1) is 0 Å². The molecular weight excluding hydrogens is 302 g/mol. The molecule has 1 N–H and O–H groups in total. The highest BCUT2D eigenvalue weighted by Gasteiger charge is 2.17. The van der Waals surface area contributed by atoms with Crippen molar-refractivity contribution in [3.63, 3.8) is 0 Å². The van der Waals surface area contributed by atoms with E-state index in [-0.39, 0.29) is 6.10 Å². The number of benzene rings is 1. The fourth-order valence-corrected chi connectivity index (χ4v) is 3.22. The van der Waals surface area contributed by atoms with Crippen molar-refractivity contribution in [1.82, 2.24) is 19.7 Å². The van der Waals surface area contributed by atoms with Crippen LogP contribution in [0, 0.1) is 13.8 Å². The molecular formula is C18H21N5O. The summed E-state index contributed by atoms with van der Waals surface area (Å²) in [6, 6.07) is 6.33. The van der Waals surface area contributed by atoms with Gasteiger partial charge in [-0.1, -0.05) is 17.7 Å². The third-order valence-electron chi connectivity index (χ3n) is 4.47. The number of anilines is 1. The van der Waals surface area contributed by atoms with Crippen molar-refractivity contribution in [3.8, 4) is 5.69 Å². The van der Waals surface area contributed by atoms with Crippen molar-refractivity contribution < 1.29 is 4.74 Å². The Morgan fingerprint density at radius 2 is 2.21 bits per heavy atom. The lowest BCUT2D eigenvalue weighted by molar-refractivity contribution is 0.120. The highest BCUT2D eigenvalue weighted by molar-refractivity contribution is 5.87. The molecule has 0 bridgehead atoms. The molecule has 1 aliphatic heterocycles. The van der Waals surface area contributed by atoms with Gasteiger partial charge in [0.15, 0.2) is 5.65 Å². The summed E-state index contributed by atoms with van der Waals surface area (Å²) in [6.07, 6.45) is 5.91. The number of hydrogen-bond donors (Lipinski definition) is 1. The van der Waals surface area contributed by atoms with Crippen LogP contribution in [0.25, 0.3) is 16.7 Å². The first-order chi connectivity index (χ1) is 11.7. The van der Waals surface area contributed by atoms with Crippen molar-refractivity contribution in [2.24, 2.45) is 0 Å². The minimum atomic E-state index is 0.268. The van der Waals surface area contributed by atoms with Gasteiger partial charge >= 0.3 is 0 Å². The summed E-state index contributed by atoms with van der Waals surface area (Å²) in [6.45, 7) is 5.80. The molecule has 1 aliphatic rings. The van der Waals surface area contributed by atoms with Crippen molar-refractivity contribution in [3.05, 3.63) is 41.9 Å². The third kappa shape index (κ3) is 2.73. The number of aromatic nitrogens is 4. The van der Waals surface area contributed by atoms with Crippen molar-refractivity contribution in [1.29, 1.82) is 0 Å². The zero-order valence-corrected chi connectivity index (χ0v) is 14.0. The fraction of sp³-hybridized carbons (Fsp3) is 0.389. The van der Waals surface area contributed by atoms with Crippen molar-refractivity contribution in [2.45, 2.75) is 32.8 Å². The molecule has 6 nitrogen and oxygen atoms in total. The predicted octanol–water partition coefficient (Wildman–Crippen LogP) is 3.02. The standard InChI is InChI=1S/C18H21N5O/c1-12-5-6-16(13(2)8-12)23-18-15(10-22-23)17(20-11-21-18)19-9-14-4-3-7-24-14/h5-6,8,10-11,14H,3-4,7,9H2,1-2H3,(H,19,20,21)/t14-/m1/s1. The van der Waals surface area contributed by atoms with E-state index in [0.29, 0.717) is 0 Å². The Kier molecular flexibility index (Phi) is 3.90. The van der Waals surface area contributed by atoms with Gasteiger partial charge in [0.25, 0.3) is 0 Å². The van der Waals surface area contributed by atoms with Crippen LogP contribution in [-0.2, 0) is 4.74 Å². The Morgan fingerprint density at radius 3 is 3.00 bits per heavy atom. The van der Waals surface area contributed by atoms with Crippen LogP contribution < -0.4 is 5.32 Å². The molecule has 2 aromatic heterocycles. The van der Waals surface area contributed by atoms with E-state index in [9.17, 15) is 0 Å². The molecule has 6 heteroatoms. The monoisotopic (exact) mass is 323 g/mol. The maximum absolute atomic E-state index is 5.66. The molecule has 0 unspecified atom stereocenters. The maximum Gasteiger partial charge on any atom is 0.168 e. The lowest BCUT2D eigenvalue weighted by Gasteiger charge is -2.12. The topological polar surface area (TPSA) is 64.9 Å². The summed E-state index contributed by atoms with van der Waals surface area (Å²) in [4.78, 5) is 8.82. The maximum atomic E-state index is 5.66. The van der Waals surface area contributed by atoms with E-state index in [2.05, 4.69) is 52.4 Å². The molecule has 0 amide bonds. The van der Waals surface area contributed by atoms with Crippen LogP contribution in [0.1, 0.15) is 24.0 Å². The summed E-state index contributed by atoms with van der Waals surface area (Å²) in [5, 5.41) is 8.85. The predicted molar refractivity (Wildman–Crippen MR) is 93.6 cm³/mol. The zero-order chi connectivity index (χ0) is 16.5. The molecule has 24 heavy (non-hydrogen) atoms. The summed E-state index contributed by atoms with van der Waals surface area (Å²) in [5.41, 5.74) is 4.26. The van der Waals surface area contributed by atoms with Gasteiger partial charge in [-0.05, 0) is 38.3 Å². The van der Waals surface area contributed by atoms with Crippen molar-refractivity contribution >= 4 is 16.9 Å². The first kappa shape index (κ1) is 15.1. The Morgan fingerprint density at radius 1 is 1.29 bits per heavy atom. The van der Waals surface area contributed by atoms with E-state index in [1.165, 1.54) is 11.1 Å². The third-order valence-corrected chi connectivity index (χ3v) is 4.47. The highest BCUT2D eigenvalue weighted by Crippen LogP contribution is 2.24. The Balaban J connectivity index is 1.68. The van der Waals surface area contributed by atoms with E-state index < -0.39 is 0 Å². The van der Waals surface area contributed by atoms with E-state index in [0.717, 1.165) is 48.5 Å². The summed E-state index contributed by atoms with van der Waals surface area (Å²) >= 11 is 0. The molecule has 3 aromatic rings. The Bertz CT molecular complexity index is 867. The molecule has 4 rings (SSSR count). The first-order valence-corrected chi connectivity index (χ1v) is 8.34. The minimum Gasteiger partial charge on any atom is -0.376 e. The van der Waals surface area contributed by atoms with Crippen molar-refractivity contribution in [2.75, 3.05) is 18.5 Å². The second-order valence-corrected chi connectivity index (χ2v) is 6.32. The molecule has 124 valence electrons. The van der Waals surface area contributed by atoms with Crippen LogP contribution in [0.15, 0.2) is 30.7 Å². The fourth-order valence-electron chi connectivity index (χ4n) is 3.22. The number of fused-ring (bicyclic) bond motifs is 1. The molecule has 1 saturated heterocycles. The molecule has 0 saturated carbocycles. The average molecular weight is 323 g/mol. The van der Waals surface area contributed by atoms with Gasteiger partial charge in [0.2, 0.25) is 0 Å². The molecule has 1 aromatic carbocycles. The number of hydrogen-bond acceptors (Lipinski definition) is 5. The van der Waals surface area contributed by atoms with Gasteiger partial charge in [-0.2, -0.15) is 5.10 Å². The Labute approximate surface area is 140 Å². The van der Waals surface area contributed by atoms with Crippen LogP contribution in [-0.4, -0.2) is 39.0 Å².